The molecule has 0 aliphatic heterocycles. The van der Waals surface area contributed by atoms with Gasteiger partial charge in [-0.1, -0.05) is 164 Å². The predicted molar refractivity (Wildman–Crippen MR) is 244 cm³/mol. The van der Waals surface area contributed by atoms with Crippen LogP contribution in [0.15, 0.2) is 218 Å². The van der Waals surface area contributed by atoms with Gasteiger partial charge in [-0.15, -0.1) is 0 Å². The van der Waals surface area contributed by atoms with Crippen LogP contribution < -0.4 is 0 Å². The second-order valence-electron chi connectivity index (χ2n) is 14.9. The van der Waals surface area contributed by atoms with Crippen LogP contribution in [-0.2, 0) is 0 Å². The maximum Gasteiger partial charge on any atom is 0.160 e. The van der Waals surface area contributed by atoms with Crippen molar-refractivity contribution in [1.29, 1.82) is 0 Å². The highest BCUT2D eigenvalue weighted by Crippen LogP contribution is 2.40. The van der Waals surface area contributed by atoms with Gasteiger partial charge in [0.1, 0.15) is 5.82 Å². The lowest BCUT2D eigenvalue weighted by molar-refractivity contribution is 1.10. The van der Waals surface area contributed by atoms with E-state index in [1.807, 2.05) is 24.3 Å². The van der Waals surface area contributed by atoms with Gasteiger partial charge >= 0.3 is 0 Å². The van der Waals surface area contributed by atoms with Gasteiger partial charge < -0.3 is 0 Å². The number of imidazole rings is 1. The first-order valence-electron chi connectivity index (χ1n) is 19.9. The molecule has 9 aromatic carbocycles. The summed E-state index contributed by atoms with van der Waals surface area (Å²) in [5.41, 5.74) is 13.4. The number of para-hydroxylation sites is 3. The Morgan fingerprint density at radius 2 is 0.864 bits per heavy atom. The Morgan fingerprint density at radius 1 is 0.322 bits per heavy atom. The first-order valence-corrected chi connectivity index (χ1v) is 19.9. The third-order valence-electron chi connectivity index (χ3n) is 11.2. The molecule has 2 aromatic heterocycles. The zero-order valence-corrected chi connectivity index (χ0v) is 32.1. The zero-order valence-electron chi connectivity index (χ0n) is 32.1. The molecule has 0 aliphatic rings. The van der Waals surface area contributed by atoms with Crippen LogP contribution in [0.2, 0.25) is 0 Å². The largest absolute Gasteiger partial charge is 0.292 e. The fraction of sp³-hybridized carbons (Fsp3) is 0. The fourth-order valence-corrected chi connectivity index (χ4v) is 8.33. The van der Waals surface area contributed by atoms with E-state index in [2.05, 4.69) is 199 Å². The van der Waals surface area contributed by atoms with E-state index in [4.69, 9.17) is 15.0 Å². The van der Waals surface area contributed by atoms with E-state index in [0.29, 0.717) is 5.82 Å². The molecule has 59 heavy (non-hydrogen) atoms. The minimum absolute atomic E-state index is 0.673. The summed E-state index contributed by atoms with van der Waals surface area (Å²) in [6, 6.07) is 76.9. The molecule has 0 bridgehead atoms. The molecule has 0 unspecified atom stereocenters. The van der Waals surface area contributed by atoms with Gasteiger partial charge in [-0.05, 0) is 98.4 Å². The molecular formula is C55H36N4. The fourth-order valence-electron chi connectivity index (χ4n) is 8.33. The van der Waals surface area contributed by atoms with Gasteiger partial charge in [-0.3, -0.25) is 4.57 Å². The minimum Gasteiger partial charge on any atom is -0.292 e. The monoisotopic (exact) mass is 752 g/mol. The highest BCUT2D eigenvalue weighted by atomic mass is 15.1. The quantitative estimate of drug-likeness (QED) is 0.152. The van der Waals surface area contributed by atoms with Crippen LogP contribution in [0.4, 0.5) is 0 Å². The minimum atomic E-state index is 0.673. The maximum atomic E-state index is 5.27. The third-order valence-corrected chi connectivity index (χ3v) is 11.2. The molecule has 0 saturated heterocycles. The lowest BCUT2D eigenvalue weighted by atomic mass is 9.90. The van der Waals surface area contributed by atoms with Crippen LogP contribution in [0.25, 0.3) is 106 Å². The Bertz CT molecular complexity index is 3240. The molecule has 0 aliphatic carbocycles. The average molecular weight is 753 g/mol. The third kappa shape index (κ3) is 6.34. The molecule has 0 N–H and O–H groups in total. The second-order valence-corrected chi connectivity index (χ2v) is 14.9. The van der Waals surface area contributed by atoms with Crippen molar-refractivity contribution >= 4 is 32.6 Å². The van der Waals surface area contributed by atoms with Crippen molar-refractivity contribution in [2.24, 2.45) is 0 Å². The van der Waals surface area contributed by atoms with Crippen molar-refractivity contribution in [1.82, 2.24) is 19.5 Å². The number of hydrogen-bond acceptors (Lipinski definition) is 3. The summed E-state index contributed by atoms with van der Waals surface area (Å²) in [4.78, 5) is 15.7. The first kappa shape index (κ1) is 34.3. The summed E-state index contributed by atoms with van der Waals surface area (Å²) < 4.78 is 2.25. The van der Waals surface area contributed by atoms with Crippen molar-refractivity contribution in [3.8, 4) is 73.2 Å². The number of hydrogen-bond donors (Lipinski definition) is 0. The number of benzene rings is 9. The second kappa shape index (κ2) is 14.5. The lowest BCUT2D eigenvalue weighted by Gasteiger charge is -2.15. The molecule has 0 radical (unpaired) electrons. The highest BCUT2D eigenvalue weighted by Gasteiger charge is 2.18. The van der Waals surface area contributed by atoms with E-state index in [0.717, 1.165) is 78.4 Å². The molecule has 0 fully saturated rings. The molecule has 4 nitrogen and oxygen atoms in total. The van der Waals surface area contributed by atoms with E-state index in [9.17, 15) is 0 Å². The Balaban J connectivity index is 1.12. The number of nitrogens with zero attached hydrogens (tertiary/aromatic N) is 4. The van der Waals surface area contributed by atoms with Crippen LogP contribution in [-0.4, -0.2) is 19.5 Å². The molecule has 11 aromatic rings. The van der Waals surface area contributed by atoms with Crippen LogP contribution in [0.5, 0.6) is 0 Å². The smallest absolute Gasteiger partial charge is 0.160 e. The van der Waals surface area contributed by atoms with Gasteiger partial charge in [0.2, 0.25) is 0 Å². The van der Waals surface area contributed by atoms with E-state index in [1.54, 1.807) is 0 Å². The molecule has 276 valence electrons. The van der Waals surface area contributed by atoms with Crippen molar-refractivity contribution < 1.29 is 0 Å². The number of fused-ring (bicyclic) bond motifs is 4. The molecule has 11 rings (SSSR count). The van der Waals surface area contributed by atoms with Gasteiger partial charge in [-0.25, -0.2) is 15.0 Å². The highest BCUT2D eigenvalue weighted by molar-refractivity contribution is 6.14. The first-order chi connectivity index (χ1) is 29.2. The molecule has 0 amide bonds. The number of rotatable bonds is 7. The van der Waals surface area contributed by atoms with Crippen LogP contribution in [0, 0.1) is 0 Å². The van der Waals surface area contributed by atoms with E-state index in [1.165, 1.54) is 21.5 Å². The predicted octanol–water partition coefficient (Wildman–Crippen LogP) is 14.1. The summed E-state index contributed by atoms with van der Waals surface area (Å²) in [6.07, 6.45) is 0. The standard InChI is InChI=1S/C55H36N4/c1-4-16-38(17-5-1)51-36-52(39-18-6-2-7-19-39)57-54(56-51)44-33-42(32-43(34-44)49-35-41-20-10-11-23-46(41)47-24-12-13-25-48(47)49)37-28-30-40(31-29-37)55-58-50-26-14-15-27-53(50)59(55)45-21-8-3-9-22-45/h1-36H. The Morgan fingerprint density at radius 3 is 1.58 bits per heavy atom. The van der Waals surface area contributed by atoms with Gasteiger partial charge in [0, 0.05) is 27.9 Å². The van der Waals surface area contributed by atoms with Crippen molar-refractivity contribution in [3.63, 3.8) is 0 Å². The molecular weight excluding hydrogens is 717 g/mol. The van der Waals surface area contributed by atoms with Gasteiger partial charge in [0.25, 0.3) is 0 Å². The van der Waals surface area contributed by atoms with Gasteiger partial charge in [-0.2, -0.15) is 0 Å². The number of aromatic nitrogens is 4. The van der Waals surface area contributed by atoms with E-state index >= 15 is 0 Å². The maximum absolute atomic E-state index is 5.27. The lowest BCUT2D eigenvalue weighted by Crippen LogP contribution is -1.97. The SMILES string of the molecule is c1ccc(-c2cc(-c3ccccc3)nc(-c3cc(-c4ccc(-c5nc6ccccc6n5-c5ccccc5)cc4)cc(-c4cc5ccccc5c5ccccc45)c3)n2)cc1. The van der Waals surface area contributed by atoms with E-state index in [-0.39, 0.29) is 0 Å². The van der Waals surface area contributed by atoms with Gasteiger partial charge in [0.05, 0.1) is 22.4 Å². The Kier molecular flexibility index (Phi) is 8.45. The summed E-state index contributed by atoms with van der Waals surface area (Å²) in [5.74, 6) is 1.58. The molecule has 0 spiro atoms. The zero-order chi connectivity index (χ0) is 39.1. The van der Waals surface area contributed by atoms with Crippen molar-refractivity contribution in [2.45, 2.75) is 0 Å². The summed E-state index contributed by atoms with van der Waals surface area (Å²) in [5, 5.41) is 4.87. The van der Waals surface area contributed by atoms with Crippen LogP contribution in [0.3, 0.4) is 0 Å². The van der Waals surface area contributed by atoms with Crippen molar-refractivity contribution in [2.75, 3.05) is 0 Å². The average Bonchev–Trinajstić information content (AvgIpc) is 3.72. The van der Waals surface area contributed by atoms with Crippen LogP contribution >= 0.6 is 0 Å². The normalized spacial score (nSPS) is 11.4. The van der Waals surface area contributed by atoms with Crippen molar-refractivity contribution in [3.05, 3.63) is 218 Å². The summed E-state index contributed by atoms with van der Waals surface area (Å²) in [7, 11) is 0. The van der Waals surface area contributed by atoms with E-state index < -0.39 is 0 Å². The summed E-state index contributed by atoms with van der Waals surface area (Å²) >= 11 is 0. The Labute approximate surface area is 342 Å². The molecule has 0 saturated carbocycles. The molecule has 2 heterocycles. The topological polar surface area (TPSA) is 43.6 Å². The van der Waals surface area contributed by atoms with Gasteiger partial charge in [0.15, 0.2) is 5.82 Å². The Hall–Kier alpha value is -7.95. The molecule has 0 atom stereocenters. The van der Waals surface area contributed by atoms with Crippen LogP contribution in [0.1, 0.15) is 0 Å². The molecule has 4 heteroatoms. The summed E-state index contributed by atoms with van der Waals surface area (Å²) in [6.45, 7) is 0.